The summed E-state index contributed by atoms with van der Waals surface area (Å²) in [5.74, 6) is -14.1. The maximum atomic E-state index is 14.6. The molecule has 4 rings (SSSR count). The summed E-state index contributed by atoms with van der Waals surface area (Å²) >= 11 is 5.88. The first-order chi connectivity index (χ1) is 51.0. The summed E-state index contributed by atoms with van der Waals surface area (Å²) in [6, 6.07) is -17.5. The minimum atomic E-state index is -5.47. The number of carbonyl (C=O) groups excluding carboxylic acids is 15. The number of primary amides is 1. The Labute approximate surface area is 641 Å². The van der Waals surface area contributed by atoms with Gasteiger partial charge >= 0.3 is 13.9 Å². The molecule has 0 aromatic heterocycles. The molecule has 4 aliphatic heterocycles. The van der Waals surface area contributed by atoms with Crippen LogP contribution >= 0.6 is 32.2 Å². The Hall–Kier alpha value is -8.19. The zero-order chi connectivity index (χ0) is 81.9. The first kappa shape index (κ1) is 93.2. The second-order valence-electron chi connectivity index (χ2n) is 28.7. The molecule has 0 radical (unpaired) electrons. The Kier molecular flexibility index (Phi) is 38.1. The SMILES string of the molecule is CC(C)C[C@H](NC(=O)[C@@H](NC(=O)[C@H](CS)NC(=O)CNC(=O)CNC(=O)CCCC[C@@H]1SC[C@@H]2NC(=O)N[C@@H]21)[C@@H](C)O)C(=O)N[C@H](C(=O)N[C@H](C(=O)N[C@@H](COP(=O)(O)O)C(=O)N1CCC[C@H]1C(=O)N[C@@H](CCCN=C(N)N)C(=O)N[C@@H](CC(C)C)C(=O)N1CCC[C@H]1C(=O)N[C@H](C(N)=O)C(C)C)[C@@H](C)O)[C@@H](C)O. The Morgan fingerprint density at radius 2 is 1.06 bits per heavy atom. The van der Waals surface area contributed by atoms with Crippen LogP contribution < -0.4 is 86.3 Å². The Bertz CT molecular complexity index is 3290. The molecular formula is C65H112N19O22PS2. The van der Waals surface area contributed by atoms with Gasteiger partial charge in [0.1, 0.15) is 66.5 Å². The highest BCUT2D eigenvalue weighted by Gasteiger charge is 2.46. The summed E-state index contributed by atoms with van der Waals surface area (Å²) < 4.78 is 16.8. The van der Waals surface area contributed by atoms with Gasteiger partial charge in [0.15, 0.2) is 5.96 Å². The molecule has 0 aromatic rings. The second kappa shape index (κ2) is 44.6. The van der Waals surface area contributed by atoms with E-state index < -0.39 is 201 Å². The number of hydrogen-bond acceptors (Lipinski definition) is 23. The number of hydrogen-bond donors (Lipinski definition) is 22. The van der Waals surface area contributed by atoms with Crippen LogP contribution in [0.3, 0.4) is 0 Å². The first-order valence-electron chi connectivity index (χ1n) is 36.3. The van der Waals surface area contributed by atoms with E-state index >= 15 is 0 Å². The predicted octanol–water partition coefficient (Wildman–Crippen LogP) is -7.24. The third kappa shape index (κ3) is 30.5. The summed E-state index contributed by atoms with van der Waals surface area (Å²) in [4.78, 5) is 229. The van der Waals surface area contributed by atoms with Crippen molar-refractivity contribution in [3.05, 3.63) is 0 Å². The third-order valence-electron chi connectivity index (χ3n) is 18.2. The van der Waals surface area contributed by atoms with E-state index in [-0.39, 0.29) is 118 Å². The lowest BCUT2D eigenvalue weighted by atomic mass is 10.0. The fraction of sp³-hybridized carbons (Fsp3) is 0.754. The van der Waals surface area contributed by atoms with E-state index in [1.54, 1.807) is 53.3 Å². The summed E-state index contributed by atoms with van der Waals surface area (Å²) in [7, 11) is -5.47. The average molecular weight is 1610 g/mol. The number of likely N-dealkylation sites (tertiary alicyclic amines) is 2. The van der Waals surface area contributed by atoms with Gasteiger partial charge in [0.25, 0.3) is 0 Å². The molecule has 4 heterocycles. The first-order valence-corrected chi connectivity index (χ1v) is 39.5. The van der Waals surface area contributed by atoms with E-state index in [0.29, 0.717) is 19.3 Å². The predicted molar refractivity (Wildman–Crippen MR) is 397 cm³/mol. The van der Waals surface area contributed by atoms with Crippen LogP contribution in [0.1, 0.15) is 139 Å². The number of fused-ring (bicyclic) bond motifs is 1. The van der Waals surface area contributed by atoms with Crippen molar-refractivity contribution < 1.29 is 106 Å². The summed E-state index contributed by atoms with van der Waals surface area (Å²) in [6.07, 6.45) is -2.80. The van der Waals surface area contributed by atoms with Crippen molar-refractivity contribution in [1.82, 2.24) is 78.9 Å². The number of nitrogens with two attached hydrogens (primary N) is 3. The van der Waals surface area contributed by atoms with Gasteiger partial charge in [-0.3, -0.25) is 76.6 Å². The van der Waals surface area contributed by atoms with Gasteiger partial charge in [0, 0.05) is 42.8 Å². The van der Waals surface area contributed by atoms with Gasteiger partial charge in [-0.25, -0.2) is 9.36 Å². The number of phosphoric ester groups is 1. The number of unbranched alkanes of at least 4 members (excludes halogenated alkanes) is 1. The topological polar surface area (TPSA) is 637 Å². The molecule has 0 aliphatic carbocycles. The molecule has 0 spiro atoms. The van der Waals surface area contributed by atoms with Crippen LogP contribution in [0, 0.1) is 17.8 Å². The van der Waals surface area contributed by atoms with Crippen LogP contribution in [0.15, 0.2) is 4.99 Å². The smallest absolute Gasteiger partial charge is 0.391 e. The lowest BCUT2D eigenvalue weighted by molar-refractivity contribution is -0.144. The number of rotatable bonds is 45. The number of aliphatic hydroxyl groups is 3. The fourth-order valence-corrected chi connectivity index (χ4v) is 14.7. The summed E-state index contributed by atoms with van der Waals surface area (Å²) in [5.41, 5.74) is 16.6. The number of amides is 16. The van der Waals surface area contributed by atoms with E-state index in [1.807, 2.05) is 0 Å². The maximum Gasteiger partial charge on any atom is 0.469 e. The maximum absolute atomic E-state index is 14.6. The van der Waals surface area contributed by atoms with Crippen molar-refractivity contribution in [2.45, 2.75) is 241 Å². The molecule has 4 saturated heterocycles. The van der Waals surface area contributed by atoms with E-state index in [0.717, 1.165) is 37.8 Å². The van der Waals surface area contributed by atoms with Crippen LogP contribution in [-0.4, -0.2) is 283 Å². The van der Waals surface area contributed by atoms with Crippen LogP contribution in [-0.2, 0) is 76.2 Å². The molecule has 0 saturated carbocycles. The Balaban J connectivity index is 1.43. The van der Waals surface area contributed by atoms with E-state index in [1.165, 1.54) is 4.90 Å². The van der Waals surface area contributed by atoms with Crippen molar-refractivity contribution in [2.24, 2.45) is 39.9 Å². The van der Waals surface area contributed by atoms with Crippen molar-refractivity contribution in [3.63, 3.8) is 0 Å². The number of phosphoric acid groups is 1. The molecule has 616 valence electrons. The second-order valence-corrected chi connectivity index (χ2v) is 31.5. The van der Waals surface area contributed by atoms with Gasteiger partial charge in [-0.2, -0.15) is 24.4 Å². The van der Waals surface area contributed by atoms with Gasteiger partial charge in [-0.1, -0.05) is 48.0 Å². The monoisotopic (exact) mass is 1610 g/mol. The minimum Gasteiger partial charge on any atom is -0.391 e. The van der Waals surface area contributed by atoms with Crippen molar-refractivity contribution in [3.8, 4) is 0 Å². The zero-order valence-corrected chi connectivity index (χ0v) is 65.3. The average Bonchev–Trinajstić information content (AvgIpc) is 1.28. The standard InChI is InChI=1S/C65H112N19O22PS2/c1-30(2)23-37(74-59(97)49(33(7)85)80-56(94)40(28-108)72-47(90)26-71-46(89)25-70-45(88)19-11-10-18-44-52-41(29-109-44)77-65(102)82-52)55(93)79-51(35(9)87)61(99)81-50(34(8)86)60(98)76-39(27-106-107(103,104)105)63(101)84-22-13-16-42(84)57(95)73-36(15-12-20-69-64(67)68)54(92)75-38(24-31(3)4)62(100)83-21-14-17-43(83)58(96)78-48(32(5)6)53(66)91/h30-44,48-52,85-87,108H,10-29H2,1-9H3,(H2,66,91)(H,70,88)(H,71,89)(H,72,90)(H,73,95)(H,74,97)(H,75,92)(H,76,98)(H,78,96)(H,79,93)(H,80,94)(H,81,99)(H4,67,68,69)(H2,77,82,102)(H2,103,104,105)/t33-,34-,35-,36+,37+,38+,39+,40+,41+,42+,43+,44+,48+,49+,50+,51+,52+/m1/s1. The van der Waals surface area contributed by atoms with Crippen molar-refractivity contribution in [2.75, 3.05) is 50.8 Å². The number of guanidine groups is 1. The number of carbonyl (C=O) groups is 15. The number of urea groups is 1. The number of aliphatic hydroxyl groups excluding tert-OH is 3. The summed E-state index contributed by atoms with van der Waals surface area (Å²) in [6.45, 7) is 10.8. The zero-order valence-electron chi connectivity index (χ0n) is 62.7. The Morgan fingerprint density at radius 1 is 0.578 bits per heavy atom. The minimum absolute atomic E-state index is 0.0294. The molecule has 4 aliphatic rings. The molecule has 41 nitrogen and oxygen atoms in total. The van der Waals surface area contributed by atoms with Crippen LogP contribution in [0.2, 0.25) is 0 Å². The largest absolute Gasteiger partial charge is 0.469 e. The highest BCUT2D eigenvalue weighted by molar-refractivity contribution is 8.00. The van der Waals surface area contributed by atoms with Gasteiger partial charge in [-0.15, -0.1) is 0 Å². The third-order valence-corrected chi connectivity index (χ3v) is 20.6. The number of nitrogens with zero attached hydrogens (tertiary/aromatic N) is 3. The van der Waals surface area contributed by atoms with Gasteiger partial charge < -0.3 is 121 Å². The fourth-order valence-electron chi connectivity index (χ4n) is 12.6. The van der Waals surface area contributed by atoms with Gasteiger partial charge in [0.05, 0.1) is 50.1 Å². The molecular weight excluding hydrogens is 1490 g/mol. The molecule has 4 fully saturated rings. The number of thiol groups is 1. The van der Waals surface area contributed by atoms with Crippen molar-refractivity contribution >= 4 is 127 Å². The molecule has 109 heavy (non-hydrogen) atoms. The van der Waals surface area contributed by atoms with Crippen molar-refractivity contribution in [1.29, 1.82) is 0 Å². The Morgan fingerprint density at radius 3 is 1.57 bits per heavy atom. The van der Waals surface area contributed by atoms with Gasteiger partial charge in [0.2, 0.25) is 82.7 Å². The van der Waals surface area contributed by atoms with E-state index in [2.05, 4.69) is 91.3 Å². The lowest BCUT2D eigenvalue weighted by Gasteiger charge is -2.32. The molecule has 0 unspecified atom stereocenters. The normalized spacial score (nSPS) is 20.8. The van der Waals surface area contributed by atoms with Gasteiger partial charge in [-0.05, 0) is 103 Å². The molecule has 44 heteroatoms. The van der Waals surface area contributed by atoms with Crippen LogP contribution in [0.4, 0.5) is 4.79 Å². The van der Waals surface area contributed by atoms with Crippen LogP contribution in [0.5, 0.6) is 0 Å². The summed E-state index contributed by atoms with van der Waals surface area (Å²) in [5, 5.41) is 65.1. The van der Waals surface area contributed by atoms with Crippen LogP contribution in [0.25, 0.3) is 0 Å². The van der Waals surface area contributed by atoms with E-state index in [4.69, 9.17) is 17.2 Å². The molecule has 16 amide bonds. The molecule has 24 N–H and O–H groups in total. The number of nitrogens with one attached hydrogen (secondary N) is 13. The molecule has 17 atom stereocenters. The molecule has 0 bridgehead atoms. The highest BCUT2D eigenvalue weighted by atomic mass is 32.2. The molecule has 0 aromatic carbocycles. The lowest BCUT2D eigenvalue weighted by Crippen LogP contribution is -2.64. The van der Waals surface area contributed by atoms with E-state index in [9.17, 15) is 102 Å². The highest BCUT2D eigenvalue weighted by Crippen LogP contribution is 2.36. The number of thioether (sulfide) groups is 1. The number of aliphatic imine (C=N–C) groups is 1. The quantitative estimate of drug-likeness (QED) is 0.00673.